The minimum atomic E-state index is -0.645. The first-order chi connectivity index (χ1) is 15.0. The molecule has 1 saturated heterocycles. The molecule has 1 aliphatic rings. The highest BCUT2D eigenvalue weighted by molar-refractivity contribution is 7.18. The van der Waals surface area contributed by atoms with Crippen LogP contribution in [0.2, 0.25) is 0 Å². The lowest BCUT2D eigenvalue weighted by atomic mass is 10.0. The number of nitriles is 1. The third-order valence-electron chi connectivity index (χ3n) is 5.16. The molecule has 1 amide bonds. The maximum Gasteiger partial charge on any atom is 0.264 e. The van der Waals surface area contributed by atoms with Crippen LogP contribution in [-0.2, 0) is 0 Å². The lowest BCUT2D eigenvalue weighted by molar-refractivity contribution is 0.0740. The van der Waals surface area contributed by atoms with Crippen molar-refractivity contribution in [2.75, 3.05) is 33.3 Å². The van der Waals surface area contributed by atoms with Gasteiger partial charge in [0.05, 0.1) is 17.6 Å². The van der Waals surface area contributed by atoms with E-state index in [2.05, 4.69) is 5.32 Å². The Balaban J connectivity index is 1.82. The van der Waals surface area contributed by atoms with Crippen molar-refractivity contribution in [3.05, 3.63) is 64.5 Å². The van der Waals surface area contributed by atoms with Gasteiger partial charge in [-0.1, -0.05) is 6.07 Å². The Labute approximate surface area is 182 Å². The van der Waals surface area contributed by atoms with Crippen LogP contribution in [-0.4, -0.2) is 44.1 Å². The van der Waals surface area contributed by atoms with Crippen LogP contribution in [0.15, 0.2) is 42.5 Å². The number of hydrogen-bond acceptors (Lipinski definition) is 5. The Hall–Kier alpha value is -3.28. The summed E-state index contributed by atoms with van der Waals surface area (Å²) in [6, 6.07) is 12.4. The summed E-state index contributed by atoms with van der Waals surface area (Å²) in [7, 11) is 1.39. The van der Waals surface area contributed by atoms with Crippen LogP contribution in [0.4, 0.5) is 8.78 Å². The van der Waals surface area contributed by atoms with Crippen molar-refractivity contribution < 1.29 is 18.3 Å². The third kappa shape index (κ3) is 4.15. The molecule has 0 spiro atoms. The Bertz CT molecular complexity index is 1180. The highest BCUT2D eigenvalue weighted by Crippen LogP contribution is 2.41. The number of ether oxygens (including phenoxy) is 1. The number of halogens is 2. The Morgan fingerprint density at radius 1 is 1.10 bits per heavy atom. The first kappa shape index (κ1) is 21.0. The highest BCUT2D eigenvalue weighted by atomic mass is 32.1. The number of carbonyl (C=O) groups excluding carboxylic acids is 1. The van der Waals surface area contributed by atoms with Gasteiger partial charge in [0.25, 0.3) is 5.91 Å². The molecule has 0 bridgehead atoms. The Kier molecular flexibility index (Phi) is 5.98. The van der Waals surface area contributed by atoms with Gasteiger partial charge in [-0.05, 0) is 47.5 Å². The number of piperazine rings is 1. The van der Waals surface area contributed by atoms with E-state index in [4.69, 9.17) is 10.00 Å². The van der Waals surface area contributed by atoms with E-state index < -0.39 is 11.6 Å². The molecule has 31 heavy (non-hydrogen) atoms. The molecular weight excluding hydrogens is 420 g/mol. The van der Waals surface area contributed by atoms with Crippen LogP contribution in [0.1, 0.15) is 15.2 Å². The van der Waals surface area contributed by atoms with E-state index in [0.29, 0.717) is 39.5 Å². The van der Waals surface area contributed by atoms with Gasteiger partial charge in [-0.2, -0.15) is 5.26 Å². The normalized spacial score (nSPS) is 13.7. The van der Waals surface area contributed by atoms with Crippen molar-refractivity contribution in [1.29, 1.82) is 5.26 Å². The Morgan fingerprint density at radius 3 is 2.45 bits per heavy atom. The van der Waals surface area contributed by atoms with Gasteiger partial charge in [0, 0.05) is 36.6 Å². The number of nitrogens with one attached hydrogen (secondary N) is 1. The molecule has 158 valence electrons. The van der Waals surface area contributed by atoms with Gasteiger partial charge in [0.15, 0.2) is 11.6 Å². The summed E-state index contributed by atoms with van der Waals surface area (Å²) in [5, 5.41) is 12.2. The monoisotopic (exact) mass is 439 g/mol. The number of benzene rings is 2. The van der Waals surface area contributed by atoms with Crippen LogP contribution >= 0.6 is 11.3 Å². The number of methoxy groups -OCH3 is 1. The predicted molar refractivity (Wildman–Crippen MR) is 115 cm³/mol. The zero-order valence-electron chi connectivity index (χ0n) is 16.7. The number of thiophene rings is 1. The molecule has 5 nitrogen and oxygen atoms in total. The molecular formula is C23H19F2N3O2S. The van der Waals surface area contributed by atoms with E-state index >= 15 is 0 Å². The summed E-state index contributed by atoms with van der Waals surface area (Å²) >= 11 is 1.24. The van der Waals surface area contributed by atoms with Crippen LogP contribution in [0, 0.1) is 23.0 Å². The van der Waals surface area contributed by atoms with Crippen molar-refractivity contribution in [2.24, 2.45) is 0 Å². The molecule has 4 rings (SSSR count). The minimum Gasteiger partial charge on any atom is -0.494 e. The molecule has 8 heteroatoms. The lowest BCUT2D eigenvalue weighted by Gasteiger charge is -2.26. The first-order valence-electron chi connectivity index (χ1n) is 9.69. The van der Waals surface area contributed by atoms with Crippen molar-refractivity contribution in [3.63, 3.8) is 0 Å². The molecule has 1 aliphatic heterocycles. The van der Waals surface area contributed by atoms with E-state index in [9.17, 15) is 13.6 Å². The van der Waals surface area contributed by atoms with Crippen molar-refractivity contribution in [3.8, 4) is 33.4 Å². The topological polar surface area (TPSA) is 65.4 Å². The molecule has 2 aromatic carbocycles. The predicted octanol–water partition coefficient (Wildman–Crippen LogP) is 4.29. The molecule has 1 aromatic heterocycles. The average Bonchev–Trinajstić information content (AvgIpc) is 3.24. The smallest absolute Gasteiger partial charge is 0.264 e. The number of amides is 1. The molecule has 0 atom stereocenters. The SMILES string of the molecule is COc1ccc(-c2sc(C(=O)N3CCNCC3)cc2-c2ccc(C#N)c(F)c2)cc1F. The molecule has 0 aliphatic carbocycles. The van der Waals surface area contributed by atoms with Crippen LogP contribution in [0.3, 0.4) is 0 Å². The summed E-state index contributed by atoms with van der Waals surface area (Å²) < 4.78 is 33.7. The molecule has 0 saturated carbocycles. The number of carbonyl (C=O) groups is 1. The standard InChI is InChI=1S/C23H19F2N3O2S/c1-30-20-5-4-15(11-19(20)25)22-17(14-2-3-16(13-26)18(24)10-14)12-21(31-22)23(29)28-8-6-27-7-9-28/h2-5,10-12,27H,6-9H2,1H3. The zero-order chi connectivity index (χ0) is 22.0. The summed E-state index contributed by atoms with van der Waals surface area (Å²) in [6.07, 6.45) is 0. The van der Waals surface area contributed by atoms with E-state index in [-0.39, 0.29) is 17.2 Å². The molecule has 1 N–H and O–H groups in total. The number of nitrogens with zero attached hydrogens (tertiary/aromatic N) is 2. The van der Waals surface area contributed by atoms with Gasteiger partial charge in [0.2, 0.25) is 0 Å². The molecule has 1 fully saturated rings. The minimum absolute atomic E-state index is 0.0619. The van der Waals surface area contributed by atoms with E-state index in [1.165, 1.54) is 42.7 Å². The van der Waals surface area contributed by atoms with E-state index in [1.807, 2.05) is 0 Å². The van der Waals surface area contributed by atoms with Gasteiger partial charge < -0.3 is 15.0 Å². The molecule has 2 heterocycles. The van der Waals surface area contributed by atoms with Gasteiger partial charge in [-0.3, -0.25) is 4.79 Å². The number of rotatable bonds is 4. The van der Waals surface area contributed by atoms with Crippen molar-refractivity contribution in [2.45, 2.75) is 0 Å². The fourth-order valence-corrected chi connectivity index (χ4v) is 4.67. The van der Waals surface area contributed by atoms with Gasteiger partial charge >= 0.3 is 0 Å². The first-order valence-corrected chi connectivity index (χ1v) is 10.5. The average molecular weight is 439 g/mol. The summed E-state index contributed by atoms with van der Waals surface area (Å²) in [5.41, 5.74) is 1.62. The van der Waals surface area contributed by atoms with Crippen LogP contribution < -0.4 is 10.1 Å². The summed E-state index contributed by atoms with van der Waals surface area (Å²) in [5.74, 6) is -1.17. The second-order valence-corrected chi connectivity index (χ2v) is 8.10. The second-order valence-electron chi connectivity index (χ2n) is 7.05. The largest absolute Gasteiger partial charge is 0.494 e. The Morgan fingerprint density at radius 2 is 1.81 bits per heavy atom. The van der Waals surface area contributed by atoms with Gasteiger partial charge in [-0.25, -0.2) is 8.78 Å². The maximum absolute atomic E-state index is 14.4. The van der Waals surface area contributed by atoms with Crippen molar-refractivity contribution in [1.82, 2.24) is 10.2 Å². The quantitative estimate of drug-likeness (QED) is 0.659. The van der Waals surface area contributed by atoms with E-state index in [0.717, 1.165) is 13.1 Å². The van der Waals surface area contributed by atoms with Crippen LogP contribution in [0.25, 0.3) is 21.6 Å². The van der Waals surface area contributed by atoms with E-state index in [1.54, 1.807) is 29.2 Å². The maximum atomic E-state index is 14.4. The third-order valence-corrected chi connectivity index (χ3v) is 6.33. The van der Waals surface area contributed by atoms with Gasteiger partial charge in [-0.15, -0.1) is 11.3 Å². The lowest BCUT2D eigenvalue weighted by Crippen LogP contribution is -2.46. The number of hydrogen-bond donors (Lipinski definition) is 1. The van der Waals surface area contributed by atoms with Crippen LogP contribution in [0.5, 0.6) is 5.75 Å². The van der Waals surface area contributed by atoms with Crippen molar-refractivity contribution >= 4 is 17.2 Å². The zero-order valence-corrected chi connectivity index (χ0v) is 17.6. The highest BCUT2D eigenvalue weighted by Gasteiger charge is 2.23. The summed E-state index contributed by atoms with van der Waals surface area (Å²) in [4.78, 5) is 16.0. The summed E-state index contributed by atoms with van der Waals surface area (Å²) in [6.45, 7) is 2.65. The molecule has 3 aromatic rings. The van der Waals surface area contributed by atoms with Gasteiger partial charge in [0.1, 0.15) is 11.9 Å². The molecule has 0 unspecified atom stereocenters. The fourth-order valence-electron chi connectivity index (χ4n) is 3.53. The fraction of sp³-hybridized carbons (Fsp3) is 0.217. The molecule has 0 radical (unpaired) electrons. The second kappa shape index (κ2) is 8.84.